The monoisotopic (exact) mass is 433 g/mol. The lowest BCUT2D eigenvalue weighted by atomic mass is 9.88. The molecule has 0 radical (unpaired) electrons. The van der Waals surface area contributed by atoms with Gasteiger partial charge in [-0.25, -0.2) is 0 Å². The Hall–Kier alpha value is -2.83. The largest absolute Gasteiger partial charge is 0.497 e. The zero-order valence-corrected chi connectivity index (χ0v) is 18.6. The van der Waals surface area contributed by atoms with E-state index >= 15 is 0 Å². The summed E-state index contributed by atoms with van der Waals surface area (Å²) in [5.74, 6) is 1.12. The molecular formula is C26H31N3O3. The molecular weight excluding hydrogens is 402 g/mol. The average Bonchev–Trinajstić information content (AvgIpc) is 3.25. The highest BCUT2D eigenvalue weighted by Gasteiger charge is 2.26. The first-order chi connectivity index (χ1) is 15.6. The number of fused-ring (bicyclic) bond motifs is 2. The summed E-state index contributed by atoms with van der Waals surface area (Å²) in [6, 6.07) is 12.0. The topological polar surface area (TPSA) is 80.6 Å². The van der Waals surface area contributed by atoms with Gasteiger partial charge in [0.2, 0.25) is 5.91 Å². The van der Waals surface area contributed by atoms with E-state index in [4.69, 9.17) is 15.2 Å². The van der Waals surface area contributed by atoms with Crippen LogP contribution in [0.3, 0.4) is 0 Å². The van der Waals surface area contributed by atoms with Crippen molar-refractivity contribution in [1.29, 1.82) is 0 Å². The summed E-state index contributed by atoms with van der Waals surface area (Å²) in [4.78, 5) is 17.5. The van der Waals surface area contributed by atoms with E-state index in [0.717, 1.165) is 51.1 Å². The van der Waals surface area contributed by atoms with Crippen molar-refractivity contribution >= 4 is 16.8 Å². The zero-order valence-electron chi connectivity index (χ0n) is 18.6. The highest BCUT2D eigenvalue weighted by molar-refractivity contribution is 5.93. The molecule has 3 heterocycles. The van der Waals surface area contributed by atoms with Crippen molar-refractivity contribution in [3.63, 3.8) is 0 Å². The lowest BCUT2D eigenvalue weighted by molar-refractivity contribution is 0.0275. The first-order valence-corrected chi connectivity index (χ1v) is 11.5. The van der Waals surface area contributed by atoms with Crippen LogP contribution in [0.1, 0.15) is 58.3 Å². The van der Waals surface area contributed by atoms with Crippen molar-refractivity contribution < 1.29 is 14.3 Å². The number of H-pyrrole nitrogens is 1. The van der Waals surface area contributed by atoms with Crippen LogP contribution < -0.4 is 10.5 Å². The van der Waals surface area contributed by atoms with E-state index in [-0.39, 0.29) is 12.0 Å². The Labute approximate surface area is 188 Å². The molecule has 2 aliphatic rings. The van der Waals surface area contributed by atoms with Gasteiger partial charge in [-0.3, -0.25) is 4.79 Å². The molecule has 2 aliphatic heterocycles. The molecule has 6 nitrogen and oxygen atoms in total. The second kappa shape index (κ2) is 8.96. The predicted molar refractivity (Wildman–Crippen MR) is 125 cm³/mol. The molecule has 1 amide bonds. The summed E-state index contributed by atoms with van der Waals surface area (Å²) in [5, 5.41) is 1.28. The summed E-state index contributed by atoms with van der Waals surface area (Å²) in [5.41, 5.74) is 11.0. The molecule has 1 aromatic heterocycles. The number of carbonyl (C=O) groups excluding carboxylic acids is 1. The van der Waals surface area contributed by atoms with Crippen LogP contribution in [0.15, 0.2) is 42.6 Å². The summed E-state index contributed by atoms with van der Waals surface area (Å²) < 4.78 is 11.5. The van der Waals surface area contributed by atoms with Gasteiger partial charge in [0.1, 0.15) is 5.75 Å². The van der Waals surface area contributed by atoms with Crippen molar-refractivity contribution in [3.8, 4) is 5.75 Å². The highest BCUT2D eigenvalue weighted by atomic mass is 16.5. The number of methoxy groups -OCH3 is 1. The van der Waals surface area contributed by atoms with Gasteiger partial charge in [-0.05, 0) is 91.7 Å². The lowest BCUT2D eigenvalue weighted by Crippen LogP contribution is -2.34. The molecule has 0 aliphatic carbocycles. The minimum atomic E-state index is -0.368. The third-order valence-corrected chi connectivity index (χ3v) is 7.12. The van der Waals surface area contributed by atoms with Gasteiger partial charge in [0, 0.05) is 29.2 Å². The van der Waals surface area contributed by atoms with E-state index in [2.05, 4.69) is 28.2 Å². The first-order valence-electron chi connectivity index (χ1n) is 11.5. The number of likely N-dealkylation sites (tertiary alicyclic amines) is 1. The number of nitrogens with zero attached hydrogens (tertiary/aromatic N) is 1. The van der Waals surface area contributed by atoms with E-state index in [1.54, 1.807) is 7.11 Å². The maximum absolute atomic E-state index is 11.5. The number of ether oxygens (including phenoxy) is 2. The van der Waals surface area contributed by atoms with E-state index in [0.29, 0.717) is 18.1 Å². The Balaban J connectivity index is 1.19. The van der Waals surface area contributed by atoms with Crippen molar-refractivity contribution in [1.82, 2.24) is 9.88 Å². The quantitative estimate of drug-likeness (QED) is 0.612. The molecule has 1 atom stereocenters. The molecule has 3 aromatic rings. The first kappa shape index (κ1) is 21.0. The molecule has 0 bridgehead atoms. The van der Waals surface area contributed by atoms with E-state index in [1.807, 2.05) is 24.3 Å². The molecule has 6 heteroatoms. The number of aromatic nitrogens is 1. The summed E-state index contributed by atoms with van der Waals surface area (Å²) >= 11 is 0. The lowest BCUT2D eigenvalue weighted by Gasteiger charge is -2.34. The van der Waals surface area contributed by atoms with Gasteiger partial charge in [0.25, 0.3) is 0 Å². The van der Waals surface area contributed by atoms with Crippen LogP contribution in [0.2, 0.25) is 0 Å². The molecule has 1 unspecified atom stereocenters. The summed E-state index contributed by atoms with van der Waals surface area (Å²) in [6.07, 6.45) is 6.41. The molecule has 168 valence electrons. The molecule has 0 spiro atoms. The molecule has 5 rings (SSSR count). The standard InChI is InChI=1S/C26H31N3O3/c1-31-20-3-5-24-22(15-20)23(16-28-24)17-6-10-29(11-7-17)12-8-25-21-4-2-19(26(27)30)14-18(21)9-13-32-25/h2-5,14-17,25,28H,6-13H2,1H3,(H2,27,30). The van der Waals surface area contributed by atoms with Crippen LogP contribution in [0.5, 0.6) is 5.75 Å². The minimum absolute atomic E-state index is 0.0967. The van der Waals surface area contributed by atoms with Crippen molar-refractivity contribution in [2.45, 2.75) is 37.7 Å². The van der Waals surface area contributed by atoms with Crippen LogP contribution in [0.25, 0.3) is 10.9 Å². The second-order valence-electron chi connectivity index (χ2n) is 8.95. The van der Waals surface area contributed by atoms with E-state index in [1.165, 1.54) is 27.6 Å². The Morgan fingerprint density at radius 3 is 2.81 bits per heavy atom. The van der Waals surface area contributed by atoms with Gasteiger partial charge < -0.3 is 25.1 Å². The SMILES string of the molecule is COc1ccc2[nH]cc(C3CCN(CCC4OCCc5cc(C(N)=O)ccc54)CC3)c2c1. The van der Waals surface area contributed by atoms with Crippen molar-refractivity contribution in [2.24, 2.45) is 5.73 Å². The Morgan fingerprint density at radius 1 is 1.19 bits per heavy atom. The number of piperidine rings is 1. The minimum Gasteiger partial charge on any atom is -0.497 e. The maximum atomic E-state index is 11.5. The molecule has 1 fully saturated rings. The van der Waals surface area contributed by atoms with Gasteiger partial charge in [-0.1, -0.05) is 6.07 Å². The summed E-state index contributed by atoms with van der Waals surface area (Å²) in [6.45, 7) is 3.92. The van der Waals surface area contributed by atoms with Crippen LogP contribution in [-0.4, -0.2) is 49.1 Å². The predicted octanol–water partition coefficient (Wildman–Crippen LogP) is 4.16. The normalized spacial score (nSPS) is 19.7. The van der Waals surface area contributed by atoms with Crippen molar-refractivity contribution in [2.75, 3.05) is 33.4 Å². The molecule has 3 N–H and O–H groups in total. The number of aromatic amines is 1. The van der Waals surface area contributed by atoms with E-state index in [9.17, 15) is 4.79 Å². The van der Waals surface area contributed by atoms with Crippen LogP contribution >= 0.6 is 0 Å². The van der Waals surface area contributed by atoms with Gasteiger partial charge >= 0.3 is 0 Å². The smallest absolute Gasteiger partial charge is 0.248 e. The fraction of sp³-hybridized carbons (Fsp3) is 0.423. The van der Waals surface area contributed by atoms with Gasteiger partial charge in [-0.15, -0.1) is 0 Å². The number of benzene rings is 2. The third-order valence-electron chi connectivity index (χ3n) is 7.12. The number of primary amides is 1. The number of hydrogen-bond donors (Lipinski definition) is 2. The Morgan fingerprint density at radius 2 is 2.03 bits per heavy atom. The second-order valence-corrected chi connectivity index (χ2v) is 8.95. The van der Waals surface area contributed by atoms with Gasteiger partial charge in [0.05, 0.1) is 19.8 Å². The molecule has 2 aromatic carbocycles. The fourth-order valence-electron chi connectivity index (χ4n) is 5.28. The Bertz CT molecular complexity index is 1110. The number of nitrogens with one attached hydrogen (secondary N) is 1. The fourth-order valence-corrected chi connectivity index (χ4v) is 5.28. The van der Waals surface area contributed by atoms with Crippen LogP contribution in [0.4, 0.5) is 0 Å². The summed E-state index contributed by atoms with van der Waals surface area (Å²) in [7, 11) is 1.72. The zero-order chi connectivity index (χ0) is 22.1. The van der Waals surface area contributed by atoms with Gasteiger partial charge in [0.15, 0.2) is 0 Å². The Kier molecular flexibility index (Phi) is 5.89. The molecule has 1 saturated heterocycles. The number of rotatable bonds is 6. The van der Waals surface area contributed by atoms with Crippen molar-refractivity contribution in [3.05, 3.63) is 64.8 Å². The van der Waals surface area contributed by atoms with E-state index < -0.39 is 0 Å². The molecule has 32 heavy (non-hydrogen) atoms. The third kappa shape index (κ3) is 4.12. The number of hydrogen-bond acceptors (Lipinski definition) is 4. The average molecular weight is 434 g/mol. The molecule has 0 saturated carbocycles. The maximum Gasteiger partial charge on any atom is 0.248 e. The number of nitrogens with two attached hydrogens (primary N) is 1. The highest BCUT2D eigenvalue weighted by Crippen LogP contribution is 2.36. The number of amides is 1. The van der Waals surface area contributed by atoms with Crippen LogP contribution in [0, 0.1) is 0 Å². The number of carbonyl (C=O) groups is 1. The van der Waals surface area contributed by atoms with Gasteiger partial charge in [-0.2, -0.15) is 0 Å². The van der Waals surface area contributed by atoms with Crippen LogP contribution in [-0.2, 0) is 11.2 Å².